The number of thiazole rings is 1. The van der Waals surface area contributed by atoms with Gasteiger partial charge in [0.05, 0.1) is 16.8 Å². The van der Waals surface area contributed by atoms with Gasteiger partial charge in [0.25, 0.3) is 10.0 Å². The zero-order chi connectivity index (χ0) is 23.8. The highest BCUT2D eigenvalue weighted by Crippen LogP contribution is 2.27. The first-order valence-corrected chi connectivity index (χ1v) is 13.2. The van der Waals surface area contributed by atoms with E-state index in [9.17, 15) is 12.8 Å². The Balaban J connectivity index is 1.66. The van der Waals surface area contributed by atoms with Gasteiger partial charge in [-0.2, -0.15) is 0 Å². The fourth-order valence-corrected chi connectivity index (χ4v) is 5.19. The minimum Gasteiger partial charge on any atom is -0.385 e. The summed E-state index contributed by atoms with van der Waals surface area (Å²) in [5, 5.41) is 10.3. The van der Waals surface area contributed by atoms with Crippen molar-refractivity contribution in [2.24, 2.45) is 0 Å². The van der Waals surface area contributed by atoms with Crippen LogP contribution in [0.25, 0.3) is 0 Å². The molecule has 0 radical (unpaired) electrons. The molecule has 0 amide bonds. The van der Waals surface area contributed by atoms with Crippen molar-refractivity contribution >= 4 is 61.1 Å². The first kappa shape index (κ1) is 25.5. The highest BCUT2D eigenvalue weighted by Gasteiger charge is 2.18. The Bertz CT molecular complexity index is 1190. The van der Waals surface area contributed by atoms with Gasteiger partial charge in [-0.3, -0.25) is 4.72 Å². The molecule has 33 heavy (non-hydrogen) atoms. The molecule has 7 nitrogen and oxygen atoms in total. The van der Waals surface area contributed by atoms with E-state index in [0.717, 1.165) is 54.7 Å². The summed E-state index contributed by atoms with van der Waals surface area (Å²) in [6, 6.07) is 9.13. The molecule has 12 heteroatoms. The van der Waals surface area contributed by atoms with E-state index in [1.807, 2.05) is 12.1 Å². The predicted octanol–water partition coefficient (Wildman–Crippen LogP) is 5.41. The van der Waals surface area contributed by atoms with Gasteiger partial charge in [0, 0.05) is 23.8 Å². The summed E-state index contributed by atoms with van der Waals surface area (Å²) >= 11 is 12.9. The number of halogens is 3. The minimum atomic E-state index is -3.99. The molecule has 0 spiro atoms. The van der Waals surface area contributed by atoms with Crippen LogP contribution in [-0.4, -0.2) is 33.0 Å². The second-order valence-electron chi connectivity index (χ2n) is 7.01. The van der Waals surface area contributed by atoms with Crippen LogP contribution < -0.4 is 20.7 Å². The summed E-state index contributed by atoms with van der Waals surface area (Å²) in [6.07, 6.45) is 2.28. The number of rotatable bonds is 12. The fraction of sp³-hybridized carbons (Fsp3) is 0.286. The molecular weight excluding hydrogens is 508 g/mol. The summed E-state index contributed by atoms with van der Waals surface area (Å²) in [7, 11) is -3.99. The average Bonchev–Trinajstić information content (AvgIpc) is 3.17. The largest absolute Gasteiger partial charge is 0.385 e. The molecular formula is C21H24Cl2FN5O2S2. The normalized spacial score (nSPS) is 11.4. The average molecular weight is 532 g/mol. The molecule has 1 aromatic heterocycles. The van der Waals surface area contributed by atoms with Crippen molar-refractivity contribution in [3.8, 4) is 0 Å². The summed E-state index contributed by atoms with van der Waals surface area (Å²) in [4.78, 5) is 3.63. The number of anilines is 3. The summed E-state index contributed by atoms with van der Waals surface area (Å²) in [6.45, 7) is 4.97. The fourth-order valence-electron chi connectivity index (χ4n) is 2.95. The maximum Gasteiger partial charge on any atom is 0.263 e. The molecule has 178 valence electrons. The lowest BCUT2D eigenvalue weighted by atomic mass is 10.1. The Morgan fingerprint density at radius 1 is 1.06 bits per heavy atom. The van der Waals surface area contributed by atoms with Gasteiger partial charge in [0.1, 0.15) is 10.2 Å². The molecule has 0 bridgehead atoms. The van der Waals surface area contributed by atoms with Crippen LogP contribution in [0.2, 0.25) is 9.36 Å². The van der Waals surface area contributed by atoms with Crippen molar-refractivity contribution in [2.75, 3.05) is 35.0 Å². The Hall–Kier alpha value is -2.11. The van der Waals surface area contributed by atoms with Crippen LogP contribution in [0, 0.1) is 5.82 Å². The third-order valence-electron chi connectivity index (χ3n) is 4.59. The lowest BCUT2D eigenvalue weighted by molar-refractivity contribution is 0.596. The van der Waals surface area contributed by atoms with E-state index in [-0.39, 0.29) is 15.7 Å². The molecule has 1 heterocycles. The van der Waals surface area contributed by atoms with Crippen LogP contribution in [0.3, 0.4) is 0 Å². The van der Waals surface area contributed by atoms with Crippen molar-refractivity contribution in [2.45, 2.75) is 24.8 Å². The molecule has 0 unspecified atom stereocenters. The third kappa shape index (κ3) is 7.44. The first-order chi connectivity index (χ1) is 15.8. The first-order valence-electron chi connectivity index (χ1n) is 10.2. The van der Waals surface area contributed by atoms with Crippen molar-refractivity contribution < 1.29 is 12.8 Å². The van der Waals surface area contributed by atoms with E-state index in [4.69, 9.17) is 23.2 Å². The van der Waals surface area contributed by atoms with Crippen LogP contribution in [0.1, 0.15) is 18.9 Å². The number of aromatic nitrogens is 1. The number of nitrogens with one attached hydrogen (secondary N) is 4. The highest BCUT2D eigenvalue weighted by molar-refractivity contribution is 7.93. The second kappa shape index (κ2) is 11.8. The van der Waals surface area contributed by atoms with Crippen molar-refractivity contribution in [1.29, 1.82) is 0 Å². The molecule has 4 N–H and O–H groups in total. The standard InChI is InChI=1S/C21H24Cl2FN5O2S2/c1-2-25-8-3-9-26-19-10-15(22)5-4-14(19)12-27-18-7-6-16(11-17(18)24)33(30,31)29-21-28-13-20(23)32-21/h4-7,10-11,13,25-27H,2-3,8-9,12H2,1H3,(H,28,29). The van der Waals surface area contributed by atoms with Crippen LogP contribution >= 0.6 is 34.5 Å². The number of hydrogen-bond donors (Lipinski definition) is 4. The molecule has 3 rings (SSSR count). The van der Waals surface area contributed by atoms with E-state index in [1.54, 1.807) is 6.07 Å². The van der Waals surface area contributed by atoms with Gasteiger partial charge in [0.2, 0.25) is 0 Å². The van der Waals surface area contributed by atoms with Crippen molar-refractivity contribution in [1.82, 2.24) is 10.3 Å². The maximum atomic E-state index is 14.7. The van der Waals surface area contributed by atoms with Crippen molar-refractivity contribution in [3.05, 3.63) is 63.3 Å². The van der Waals surface area contributed by atoms with E-state index in [2.05, 4.69) is 32.6 Å². The highest BCUT2D eigenvalue weighted by atomic mass is 35.5. The van der Waals surface area contributed by atoms with Gasteiger partial charge in [0.15, 0.2) is 5.13 Å². The van der Waals surface area contributed by atoms with E-state index in [0.29, 0.717) is 15.9 Å². The summed E-state index contributed by atoms with van der Waals surface area (Å²) in [5.41, 5.74) is 1.94. The van der Waals surface area contributed by atoms with E-state index in [1.165, 1.54) is 18.3 Å². The molecule has 3 aromatic rings. The van der Waals surface area contributed by atoms with Crippen molar-refractivity contribution in [3.63, 3.8) is 0 Å². The second-order valence-corrected chi connectivity index (χ2v) is 10.8. The van der Waals surface area contributed by atoms with Gasteiger partial charge >= 0.3 is 0 Å². The minimum absolute atomic E-state index is 0.107. The number of benzene rings is 2. The van der Waals surface area contributed by atoms with Gasteiger partial charge in [-0.1, -0.05) is 47.5 Å². The SMILES string of the molecule is CCNCCCNc1cc(Cl)ccc1CNc1ccc(S(=O)(=O)Nc2ncc(Cl)s2)cc1F. The Morgan fingerprint density at radius 2 is 1.88 bits per heavy atom. The zero-order valence-corrected chi connectivity index (χ0v) is 20.9. The monoisotopic (exact) mass is 531 g/mol. The summed E-state index contributed by atoms with van der Waals surface area (Å²) < 4.78 is 42.3. The predicted molar refractivity (Wildman–Crippen MR) is 135 cm³/mol. The molecule has 0 fully saturated rings. The molecule has 0 saturated heterocycles. The molecule has 2 aromatic carbocycles. The Morgan fingerprint density at radius 3 is 2.58 bits per heavy atom. The number of sulfonamides is 1. The topological polar surface area (TPSA) is 95.1 Å². The Labute approximate surface area is 206 Å². The maximum absolute atomic E-state index is 14.7. The van der Waals surface area contributed by atoms with Gasteiger partial charge in [-0.05, 0) is 55.4 Å². The van der Waals surface area contributed by atoms with Crippen LogP contribution in [0.15, 0.2) is 47.5 Å². The smallest absolute Gasteiger partial charge is 0.263 e. The lowest BCUT2D eigenvalue weighted by Gasteiger charge is -2.15. The lowest BCUT2D eigenvalue weighted by Crippen LogP contribution is -2.17. The van der Waals surface area contributed by atoms with Gasteiger partial charge in [-0.15, -0.1) is 0 Å². The molecule has 0 aliphatic carbocycles. The molecule has 0 atom stereocenters. The van der Waals surface area contributed by atoms with E-state index < -0.39 is 15.8 Å². The zero-order valence-electron chi connectivity index (χ0n) is 17.8. The van der Waals surface area contributed by atoms with Gasteiger partial charge in [-0.25, -0.2) is 17.8 Å². The number of hydrogen-bond acceptors (Lipinski definition) is 7. The van der Waals surface area contributed by atoms with Crippen LogP contribution in [0.5, 0.6) is 0 Å². The van der Waals surface area contributed by atoms with Gasteiger partial charge < -0.3 is 16.0 Å². The van der Waals surface area contributed by atoms with Crippen LogP contribution in [0.4, 0.5) is 20.9 Å². The molecule has 0 aliphatic rings. The number of nitrogens with zero attached hydrogens (tertiary/aromatic N) is 1. The summed E-state index contributed by atoms with van der Waals surface area (Å²) in [5.74, 6) is -0.691. The third-order valence-corrected chi connectivity index (χ3v) is 7.32. The van der Waals surface area contributed by atoms with E-state index >= 15 is 0 Å². The van der Waals surface area contributed by atoms with Crippen LogP contribution in [-0.2, 0) is 16.6 Å². The quantitative estimate of drug-likeness (QED) is 0.233. The Kier molecular flexibility index (Phi) is 9.16. The molecule has 0 aliphatic heterocycles. The molecule has 0 saturated carbocycles.